The van der Waals surface area contributed by atoms with Gasteiger partial charge in [-0.05, 0) is 28.1 Å². The zero-order chi connectivity index (χ0) is 17.9. The third-order valence-corrected chi connectivity index (χ3v) is 4.82. The summed E-state index contributed by atoms with van der Waals surface area (Å²) in [6.45, 7) is 6.41. The summed E-state index contributed by atoms with van der Waals surface area (Å²) < 4.78 is 3.23. The summed E-state index contributed by atoms with van der Waals surface area (Å²) in [5.74, 6) is -0.390. The molecule has 2 rings (SSSR count). The summed E-state index contributed by atoms with van der Waals surface area (Å²) >= 11 is 4.45. The first-order valence-electron chi connectivity index (χ1n) is 6.85. The largest absolute Gasteiger partial charge is 0.337 e. The highest BCUT2D eigenvalue weighted by Gasteiger charge is 2.18. The SMILES string of the molecule is C=CCn1c(=O)n(CC=C)c(=O)n(CC(=O)c2ccc(Br)s2)c1=O. The van der Waals surface area contributed by atoms with Crippen molar-refractivity contribution < 1.29 is 4.79 Å². The number of aromatic nitrogens is 3. The summed E-state index contributed by atoms with van der Waals surface area (Å²) in [4.78, 5) is 49.8. The van der Waals surface area contributed by atoms with Crippen molar-refractivity contribution in [2.24, 2.45) is 0 Å². The molecule has 0 saturated carbocycles. The van der Waals surface area contributed by atoms with Gasteiger partial charge in [-0.1, -0.05) is 12.2 Å². The molecule has 0 bridgehead atoms. The van der Waals surface area contributed by atoms with Gasteiger partial charge in [-0.2, -0.15) is 0 Å². The molecule has 0 fully saturated rings. The zero-order valence-corrected chi connectivity index (χ0v) is 15.0. The number of thiophene rings is 1. The third-order valence-electron chi connectivity index (χ3n) is 3.16. The fourth-order valence-electron chi connectivity index (χ4n) is 2.07. The number of allylic oxidation sites excluding steroid dienone is 2. The Kier molecular flexibility index (Phi) is 5.68. The van der Waals surface area contributed by atoms with Gasteiger partial charge in [0, 0.05) is 0 Å². The minimum absolute atomic E-state index is 0.0617. The summed E-state index contributed by atoms with van der Waals surface area (Å²) in [6.07, 6.45) is 2.74. The van der Waals surface area contributed by atoms with Crippen molar-refractivity contribution in [3.05, 3.63) is 77.6 Å². The highest BCUT2D eigenvalue weighted by molar-refractivity contribution is 9.11. The average molecular weight is 412 g/mol. The molecule has 9 heteroatoms. The van der Waals surface area contributed by atoms with E-state index < -0.39 is 23.6 Å². The van der Waals surface area contributed by atoms with E-state index in [1.165, 1.54) is 23.5 Å². The number of halogens is 1. The van der Waals surface area contributed by atoms with Gasteiger partial charge >= 0.3 is 17.1 Å². The molecule has 126 valence electrons. The highest BCUT2D eigenvalue weighted by Crippen LogP contribution is 2.22. The highest BCUT2D eigenvalue weighted by atomic mass is 79.9. The van der Waals surface area contributed by atoms with Crippen molar-refractivity contribution in [1.29, 1.82) is 0 Å². The minimum atomic E-state index is -0.839. The fourth-order valence-corrected chi connectivity index (χ4v) is 3.39. The van der Waals surface area contributed by atoms with Crippen LogP contribution in [0.15, 0.2) is 55.6 Å². The van der Waals surface area contributed by atoms with E-state index in [0.29, 0.717) is 4.88 Å². The van der Waals surface area contributed by atoms with E-state index in [9.17, 15) is 19.2 Å². The molecular formula is C15H14BrN3O4S. The van der Waals surface area contributed by atoms with Crippen LogP contribution in [0, 0.1) is 0 Å². The molecule has 24 heavy (non-hydrogen) atoms. The Morgan fingerprint density at radius 1 is 1.00 bits per heavy atom. The van der Waals surface area contributed by atoms with Crippen molar-refractivity contribution >= 4 is 33.0 Å². The topological polar surface area (TPSA) is 83.1 Å². The second kappa shape index (κ2) is 7.54. The summed E-state index contributed by atoms with van der Waals surface area (Å²) in [6, 6.07) is 3.31. The number of rotatable bonds is 7. The van der Waals surface area contributed by atoms with Gasteiger partial charge in [-0.25, -0.2) is 28.1 Å². The van der Waals surface area contributed by atoms with Gasteiger partial charge < -0.3 is 0 Å². The Hall–Kier alpha value is -2.26. The van der Waals surface area contributed by atoms with E-state index in [-0.39, 0.29) is 18.9 Å². The Labute approximate surface area is 148 Å². The zero-order valence-electron chi connectivity index (χ0n) is 12.6. The van der Waals surface area contributed by atoms with Crippen LogP contribution in [-0.2, 0) is 19.6 Å². The molecule has 0 saturated heterocycles. The summed E-state index contributed by atoms with van der Waals surface area (Å²) in [5, 5.41) is 0. The van der Waals surface area contributed by atoms with Gasteiger partial charge in [-0.15, -0.1) is 24.5 Å². The van der Waals surface area contributed by atoms with E-state index in [0.717, 1.165) is 17.5 Å². The predicted octanol–water partition coefficient (Wildman–Crippen LogP) is 1.25. The van der Waals surface area contributed by atoms with E-state index in [2.05, 4.69) is 29.1 Å². The van der Waals surface area contributed by atoms with Crippen molar-refractivity contribution in [1.82, 2.24) is 13.7 Å². The average Bonchev–Trinajstić information content (AvgIpc) is 2.99. The lowest BCUT2D eigenvalue weighted by Crippen LogP contribution is -2.54. The molecule has 0 atom stereocenters. The number of carbonyl (C=O) groups excluding carboxylic acids is 1. The van der Waals surface area contributed by atoms with Crippen LogP contribution in [0.2, 0.25) is 0 Å². The van der Waals surface area contributed by atoms with Crippen molar-refractivity contribution in [3.63, 3.8) is 0 Å². The van der Waals surface area contributed by atoms with Crippen LogP contribution in [0.3, 0.4) is 0 Å². The van der Waals surface area contributed by atoms with Gasteiger partial charge in [-0.3, -0.25) is 4.79 Å². The van der Waals surface area contributed by atoms with E-state index >= 15 is 0 Å². The van der Waals surface area contributed by atoms with E-state index in [1.807, 2.05) is 0 Å². The van der Waals surface area contributed by atoms with Gasteiger partial charge in [0.15, 0.2) is 5.78 Å². The van der Waals surface area contributed by atoms with Gasteiger partial charge in [0.1, 0.15) is 0 Å². The maximum atomic E-state index is 12.4. The normalized spacial score (nSPS) is 10.5. The van der Waals surface area contributed by atoms with E-state index in [4.69, 9.17) is 0 Å². The second-order valence-corrected chi connectivity index (χ2v) is 7.22. The summed E-state index contributed by atoms with van der Waals surface area (Å²) in [5.41, 5.74) is -2.43. The fraction of sp³-hybridized carbons (Fsp3) is 0.200. The van der Waals surface area contributed by atoms with Crippen LogP contribution >= 0.6 is 27.3 Å². The molecule has 2 aromatic rings. The summed E-state index contributed by atoms with van der Waals surface area (Å²) in [7, 11) is 0. The minimum Gasteiger partial charge on any atom is -0.291 e. The van der Waals surface area contributed by atoms with Crippen LogP contribution in [-0.4, -0.2) is 19.5 Å². The Morgan fingerprint density at radius 2 is 1.50 bits per heavy atom. The Morgan fingerprint density at radius 3 is 1.92 bits per heavy atom. The quantitative estimate of drug-likeness (QED) is 0.506. The van der Waals surface area contributed by atoms with Gasteiger partial charge in [0.2, 0.25) is 0 Å². The molecule has 0 radical (unpaired) electrons. The molecule has 2 heterocycles. The Bertz CT molecular complexity index is 932. The number of hydrogen-bond acceptors (Lipinski definition) is 5. The van der Waals surface area contributed by atoms with E-state index in [1.54, 1.807) is 12.1 Å². The van der Waals surface area contributed by atoms with Crippen LogP contribution in [0.5, 0.6) is 0 Å². The van der Waals surface area contributed by atoms with Gasteiger partial charge in [0.05, 0.1) is 28.3 Å². The molecule has 0 spiro atoms. The van der Waals surface area contributed by atoms with Crippen molar-refractivity contribution in [2.75, 3.05) is 0 Å². The first-order chi connectivity index (χ1) is 11.4. The van der Waals surface area contributed by atoms with Crippen LogP contribution in [0.25, 0.3) is 0 Å². The smallest absolute Gasteiger partial charge is 0.291 e. The standard InChI is InChI=1S/C15H14BrN3O4S/c1-3-7-17-13(21)18(8-4-2)15(23)19(14(17)22)9-10(20)11-5-6-12(16)24-11/h3-6H,1-2,7-9H2. The lowest BCUT2D eigenvalue weighted by Gasteiger charge is -2.11. The molecular weight excluding hydrogens is 398 g/mol. The lowest BCUT2D eigenvalue weighted by atomic mass is 10.3. The molecule has 0 unspecified atom stereocenters. The predicted molar refractivity (Wildman–Crippen MR) is 96.0 cm³/mol. The molecule has 2 aromatic heterocycles. The van der Waals surface area contributed by atoms with Crippen LogP contribution in [0.4, 0.5) is 0 Å². The number of Topliss-reactive ketones (excluding diaryl/α,β-unsaturated/α-hetero) is 1. The van der Waals surface area contributed by atoms with Crippen LogP contribution < -0.4 is 17.1 Å². The lowest BCUT2D eigenvalue weighted by molar-refractivity contribution is 0.0970. The molecule has 0 amide bonds. The molecule has 0 aliphatic carbocycles. The molecule has 0 N–H and O–H groups in total. The molecule has 0 aliphatic rings. The second-order valence-electron chi connectivity index (χ2n) is 4.76. The Balaban J connectivity index is 2.60. The number of ketones is 1. The van der Waals surface area contributed by atoms with Gasteiger partial charge in [0.25, 0.3) is 0 Å². The molecule has 0 aromatic carbocycles. The maximum Gasteiger partial charge on any atom is 0.337 e. The van der Waals surface area contributed by atoms with Crippen LogP contribution in [0.1, 0.15) is 9.67 Å². The third kappa shape index (κ3) is 3.46. The maximum absolute atomic E-state index is 12.4. The first kappa shape index (κ1) is 18.1. The monoisotopic (exact) mass is 411 g/mol. The van der Waals surface area contributed by atoms with Crippen molar-refractivity contribution in [3.8, 4) is 0 Å². The first-order valence-corrected chi connectivity index (χ1v) is 8.46. The number of hydrogen-bond donors (Lipinski definition) is 0. The number of carbonyl (C=O) groups is 1. The molecule has 7 nitrogen and oxygen atoms in total. The number of nitrogens with zero attached hydrogens (tertiary/aromatic N) is 3. The molecule has 0 aliphatic heterocycles. The van der Waals surface area contributed by atoms with Crippen molar-refractivity contribution in [2.45, 2.75) is 19.6 Å².